The van der Waals surface area contributed by atoms with Crippen molar-refractivity contribution in [3.8, 4) is 0 Å². The van der Waals surface area contributed by atoms with E-state index in [2.05, 4.69) is 31.0 Å². The summed E-state index contributed by atoms with van der Waals surface area (Å²) < 4.78 is 18.0. The van der Waals surface area contributed by atoms with Crippen LogP contribution in [-0.4, -0.2) is 4.89 Å². The summed E-state index contributed by atoms with van der Waals surface area (Å²) in [5.74, 6) is 0. The van der Waals surface area contributed by atoms with Crippen LogP contribution in [-0.2, 0) is 12.7 Å². The zero-order valence-corrected chi connectivity index (χ0v) is 6.26. The molecule has 0 fully saturated rings. The third-order valence-electron chi connectivity index (χ3n) is 0.295. The molecule has 0 aromatic carbocycles. The molecule has 0 saturated carbocycles. The molecule has 0 aromatic heterocycles. The van der Waals surface area contributed by atoms with E-state index in [1.54, 1.807) is 0 Å². The van der Waals surface area contributed by atoms with Crippen LogP contribution in [0.5, 0.6) is 0 Å². The number of rotatable bonds is 3. The lowest BCUT2D eigenvalue weighted by atomic mass is 11.2. The molecule has 0 heterocycles. The fraction of sp³-hybridized carbons (Fsp3) is 0. The van der Waals surface area contributed by atoms with Gasteiger partial charge >= 0.3 is 7.82 Å². The first-order valence-corrected chi connectivity index (χ1v) is 3.69. The maximum absolute atomic E-state index is 10.2. The second kappa shape index (κ2) is 3.25. The van der Waals surface area contributed by atoms with Crippen molar-refractivity contribution in [2.24, 2.45) is 0 Å². The highest BCUT2D eigenvalue weighted by Gasteiger charge is 2.17. The number of hydrogen-bond donors (Lipinski definition) is 1. The largest absolute Gasteiger partial charge is 0.538 e. The zero-order valence-electron chi connectivity index (χ0n) is 3.78. The van der Waals surface area contributed by atoms with E-state index in [1.807, 2.05) is 0 Å². The topological polar surface area (TPSA) is 55.8 Å². The Morgan fingerprint density at radius 2 is 2.38 bits per heavy atom. The number of hydrogen-bond acceptors (Lipinski definition) is 3. The van der Waals surface area contributed by atoms with E-state index in [1.165, 1.54) is 0 Å². The van der Waals surface area contributed by atoms with E-state index < -0.39 is 7.82 Å². The van der Waals surface area contributed by atoms with E-state index in [4.69, 9.17) is 4.89 Å². The van der Waals surface area contributed by atoms with Crippen LogP contribution in [0.4, 0.5) is 0 Å². The Hall–Kier alpha value is 0.170. The van der Waals surface area contributed by atoms with Crippen LogP contribution in [0.15, 0.2) is 12.8 Å². The van der Waals surface area contributed by atoms with E-state index in [0.29, 0.717) is 0 Å². The summed E-state index contributed by atoms with van der Waals surface area (Å²) in [7, 11) is -3.87. The van der Waals surface area contributed by atoms with Gasteiger partial charge in [-0.1, -0.05) is 6.58 Å². The van der Waals surface area contributed by atoms with Crippen molar-refractivity contribution in [1.82, 2.24) is 0 Å². The molecule has 0 saturated heterocycles. The molecule has 4 nitrogen and oxygen atoms in total. The molecule has 0 aliphatic heterocycles. The summed E-state index contributed by atoms with van der Waals surface area (Å²) in [6.07, 6.45) is 0.821. The lowest BCUT2D eigenvalue weighted by Gasteiger charge is -2.01. The van der Waals surface area contributed by atoms with Gasteiger partial charge in [-0.2, -0.15) is 3.62 Å². The smallest absolute Gasteiger partial charge is 0.412 e. The minimum atomic E-state index is -3.87. The maximum atomic E-state index is 10.2. The second-order valence-corrected chi connectivity index (χ2v) is 2.96. The molecule has 0 amide bonds. The van der Waals surface area contributed by atoms with Crippen LogP contribution in [0.1, 0.15) is 0 Å². The SMILES string of the molecule is C=COP(=O)(O)OBr. The molecule has 1 N–H and O–H groups in total. The van der Waals surface area contributed by atoms with Gasteiger partial charge in [0, 0.05) is 0 Å². The van der Waals surface area contributed by atoms with Gasteiger partial charge in [0.15, 0.2) is 0 Å². The molecule has 1 atom stereocenters. The third-order valence-corrected chi connectivity index (χ3v) is 1.98. The van der Waals surface area contributed by atoms with Crippen molar-refractivity contribution < 1.29 is 17.6 Å². The Bertz CT molecular complexity index is 123. The molecular weight excluding hydrogens is 199 g/mol. The monoisotopic (exact) mass is 202 g/mol. The van der Waals surface area contributed by atoms with Crippen molar-refractivity contribution in [3.05, 3.63) is 12.8 Å². The quantitative estimate of drug-likeness (QED) is 0.558. The van der Waals surface area contributed by atoms with Gasteiger partial charge < -0.3 is 4.52 Å². The van der Waals surface area contributed by atoms with Gasteiger partial charge in [-0.25, -0.2) is 4.57 Å². The van der Waals surface area contributed by atoms with Gasteiger partial charge in [-0.3, -0.25) is 4.89 Å². The summed E-state index contributed by atoms with van der Waals surface area (Å²) in [6.45, 7) is 3.04. The summed E-state index contributed by atoms with van der Waals surface area (Å²) >= 11 is 2.29. The third kappa shape index (κ3) is 3.21. The molecule has 0 radical (unpaired) electrons. The van der Waals surface area contributed by atoms with Gasteiger partial charge in [0.1, 0.15) is 16.3 Å². The first-order valence-electron chi connectivity index (χ1n) is 1.55. The van der Waals surface area contributed by atoms with Crippen LogP contribution in [0, 0.1) is 0 Å². The summed E-state index contributed by atoms with van der Waals surface area (Å²) in [4.78, 5) is 8.32. The first-order chi connectivity index (χ1) is 3.62. The average molecular weight is 203 g/mol. The number of phosphoric acid groups is 1. The molecular formula is C2H4BrO4P. The van der Waals surface area contributed by atoms with E-state index in [9.17, 15) is 4.57 Å². The maximum Gasteiger partial charge on any atom is 0.538 e. The number of phosphoric ester groups is 1. The Kier molecular flexibility index (Phi) is 3.31. The molecule has 1 unspecified atom stereocenters. The Balaban J connectivity index is 3.72. The highest BCUT2D eigenvalue weighted by atomic mass is 79.9. The lowest BCUT2D eigenvalue weighted by Crippen LogP contribution is -1.77. The molecule has 8 heavy (non-hydrogen) atoms. The predicted octanol–water partition coefficient (Wildman–Crippen LogP) is 1.57. The van der Waals surface area contributed by atoms with E-state index in [-0.39, 0.29) is 0 Å². The van der Waals surface area contributed by atoms with Crippen molar-refractivity contribution >= 4 is 24.1 Å². The fourth-order valence-electron chi connectivity index (χ4n) is 0.110. The Morgan fingerprint density at radius 1 is 1.88 bits per heavy atom. The molecule has 0 bridgehead atoms. The zero-order chi connectivity index (χ0) is 6.62. The molecule has 0 aliphatic rings. The van der Waals surface area contributed by atoms with Gasteiger partial charge in [0.2, 0.25) is 0 Å². The predicted molar refractivity (Wildman–Crippen MR) is 31.1 cm³/mol. The molecule has 0 spiro atoms. The van der Waals surface area contributed by atoms with Crippen molar-refractivity contribution in [2.45, 2.75) is 0 Å². The first kappa shape index (κ1) is 8.17. The average Bonchev–Trinajstić information content (AvgIpc) is 1.67. The van der Waals surface area contributed by atoms with Crippen LogP contribution in [0.3, 0.4) is 0 Å². The van der Waals surface area contributed by atoms with Gasteiger partial charge in [-0.05, 0) is 0 Å². The fourth-order valence-corrected chi connectivity index (χ4v) is 0.536. The van der Waals surface area contributed by atoms with Crippen LogP contribution in [0.25, 0.3) is 0 Å². The van der Waals surface area contributed by atoms with Crippen molar-refractivity contribution in [2.75, 3.05) is 0 Å². The second-order valence-electron chi connectivity index (χ2n) is 0.810. The van der Waals surface area contributed by atoms with E-state index in [0.717, 1.165) is 6.26 Å². The van der Waals surface area contributed by atoms with Gasteiger partial charge in [0.05, 0.1) is 6.26 Å². The normalized spacial score (nSPS) is 16.8. The molecule has 48 valence electrons. The number of halogens is 1. The standard InChI is InChI=1S/C2H4BrO4P/c1-2-6-8(4,5)7-3/h2H,1H2,(H,4,5). The van der Waals surface area contributed by atoms with Crippen LogP contribution in [0.2, 0.25) is 0 Å². The minimum Gasteiger partial charge on any atom is -0.412 e. The molecule has 0 aliphatic carbocycles. The van der Waals surface area contributed by atoms with Crippen molar-refractivity contribution in [1.29, 1.82) is 0 Å². The van der Waals surface area contributed by atoms with Crippen molar-refractivity contribution in [3.63, 3.8) is 0 Å². The van der Waals surface area contributed by atoms with Gasteiger partial charge in [-0.15, -0.1) is 0 Å². The summed E-state index contributed by atoms with van der Waals surface area (Å²) in [5, 5.41) is 0. The molecule has 0 aromatic rings. The molecule has 6 heteroatoms. The minimum absolute atomic E-state index is 0.821. The Labute approximate surface area is 55.2 Å². The van der Waals surface area contributed by atoms with Gasteiger partial charge in [0.25, 0.3) is 0 Å². The summed E-state index contributed by atoms with van der Waals surface area (Å²) in [6, 6.07) is 0. The molecule has 0 rings (SSSR count). The Morgan fingerprint density at radius 3 is 2.50 bits per heavy atom. The van der Waals surface area contributed by atoms with E-state index >= 15 is 0 Å². The highest BCUT2D eigenvalue weighted by Crippen LogP contribution is 2.45. The lowest BCUT2D eigenvalue weighted by molar-refractivity contribution is 0.285. The van der Waals surface area contributed by atoms with Crippen LogP contribution >= 0.6 is 24.1 Å². The van der Waals surface area contributed by atoms with Crippen LogP contribution < -0.4 is 0 Å². The summed E-state index contributed by atoms with van der Waals surface area (Å²) in [5.41, 5.74) is 0. The highest BCUT2D eigenvalue weighted by molar-refractivity contribution is 9.06.